The molecule has 0 radical (unpaired) electrons. The van der Waals surface area contributed by atoms with E-state index in [4.69, 9.17) is 10.2 Å². The topological polar surface area (TPSA) is 49.8 Å². The number of anilines is 1. The molecule has 1 aliphatic heterocycles. The molecule has 0 spiro atoms. The molecular weight excluding hydrogens is 362 g/mol. The standard InChI is InChI=1S/C22H27NO3.ClH/c1-2-17-26-22(21(24)25,18-9-5-3-6-10-18)19-11-13-20(14-12-19)23-15-7-4-8-16-23;/h3,5-6,9-14H,2,4,7-8,15-17H2,1H3,(H,24,25);1H/i2D2,17D2;. The highest BCUT2D eigenvalue weighted by molar-refractivity contribution is 5.85. The highest BCUT2D eigenvalue weighted by Gasteiger charge is 2.43. The Bertz CT molecular complexity index is 869. The maximum atomic E-state index is 12.6. The molecule has 0 bridgehead atoms. The van der Waals surface area contributed by atoms with Crippen LogP contribution in [0.25, 0.3) is 0 Å². The Balaban J connectivity index is 0.00000341. The molecule has 0 aromatic heterocycles. The van der Waals surface area contributed by atoms with Crippen LogP contribution < -0.4 is 4.90 Å². The molecular formula is C22H28ClNO3. The third kappa shape index (κ3) is 4.45. The summed E-state index contributed by atoms with van der Waals surface area (Å²) in [4.78, 5) is 14.8. The number of rotatable bonds is 7. The Morgan fingerprint density at radius 3 is 2.22 bits per heavy atom. The average molecular weight is 394 g/mol. The molecule has 1 heterocycles. The van der Waals surface area contributed by atoms with E-state index in [-0.39, 0.29) is 23.5 Å². The summed E-state index contributed by atoms with van der Waals surface area (Å²) in [6, 6.07) is 15.0. The maximum absolute atomic E-state index is 12.6. The molecule has 2 aromatic rings. The molecule has 1 fully saturated rings. The molecule has 2 aromatic carbocycles. The smallest absolute Gasteiger partial charge is 0.345 e. The Morgan fingerprint density at radius 2 is 1.67 bits per heavy atom. The molecule has 3 rings (SSSR count). The zero-order valence-electron chi connectivity index (χ0n) is 19.4. The van der Waals surface area contributed by atoms with Gasteiger partial charge in [-0.2, -0.15) is 0 Å². The van der Waals surface area contributed by atoms with E-state index in [2.05, 4.69) is 4.90 Å². The van der Waals surface area contributed by atoms with Crippen LogP contribution in [0.1, 0.15) is 49.2 Å². The molecule has 4 nitrogen and oxygen atoms in total. The lowest BCUT2D eigenvalue weighted by Gasteiger charge is -2.32. The van der Waals surface area contributed by atoms with Gasteiger partial charge in [-0.1, -0.05) is 49.4 Å². The van der Waals surface area contributed by atoms with Crippen molar-refractivity contribution in [3.63, 3.8) is 0 Å². The van der Waals surface area contributed by atoms with Gasteiger partial charge in [-0.15, -0.1) is 12.4 Å². The summed E-state index contributed by atoms with van der Waals surface area (Å²) >= 11 is 0. The second-order valence-electron chi connectivity index (χ2n) is 6.40. The number of hydrogen-bond donors (Lipinski definition) is 1. The fraction of sp³-hybridized carbons (Fsp3) is 0.409. The van der Waals surface area contributed by atoms with Crippen molar-refractivity contribution in [3.8, 4) is 0 Å². The van der Waals surface area contributed by atoms with Crippen LogP contribution in [-0.2, 0) is 15.1 Å². The second-order valence-corrected chi connectivity index (χ2v) is 6.40. The number of carboxylic acid groups (broad SMARTS) is 1. The Kier molecular flexibility index (Phi) is 5.78. The summed E-state index contributed by atoms with van der Waals surface area (Å²) in [6.45, 7) is 0.0607. The van der Waals surface area contributed by atoms with Gasteiger partial charge in [-0.3, -0.25) is 0 Å². The van der Waals surface area contributed by atoms with Gasteiger partial charge in [0.15, 0.2) is 0 Å². The van der Waals surface area contributed by atoms with Crippen molar-refractivity contribution in [2.45, 2.75) is 38.2 Å². The third-order valence-electron chi connectivity index (χ3n) is 4.78. The van der Waals surface area contributed by atoms with Gasteiger partial charge >= 0.3 is 5.97 Å². The number of ether oxygens (including phenoxy) is 1. The van der Waals surface area contributed by atoms with Crippen molar-refractivity contribution in [2.75, 3.05) is 24.5 Å². The van der Waals surface area contributed by atoms with E-state index in [0.717, 1.165) is 38.5 Å². The van der Waals surface area contributed by atoms with Crippen LogP contribution in [0.5, 0.6) is 0 Å². The predicted octanol–water partition coefficient (Wildman–Crippen LogP) is 4.85. The normalized spacial score (nSPS) is 19.5. The fourth-order valence-electron chi connectivity index (χ4n) is 3.43. The molecule has 1 N–H and O–H groups in total. The number of piperidine rings is 1. The number of nitrogens with zero attached hydrogens (tertiary/aromatic N) is 1. The first-order valence-electron chi connectivity index (χ1n) is 10.9. The van der Waals surface area contributed by atoms with E-state index < -0.39 is 24.5 Å². The number of carboxylic acids is 1. The zero-order chi connectivity index (χ0) is 22.0. The van der Waals surface area contributed by atoms with Crippen molar-refractivity contribution in [1.82, 2.24) is 0 Å². The minimum absolute atomic E-state index is 0. The monoisotopic (exact) mass is 393 g/mol. The van der Waals surface area contributed by atoms with Crippen LogP contribution in [0.3, 0.4) is 0 Å². The van der Waals surface area contributed by atoms with Gasteiger partial charge in [0.05, 0.1) is 2.74 Å². The fourth-order valence-corrected chi connectivity index (χ4v) is 3.43. The van der Waals surface area contributed by atoms with Gasteiger partial charge < -0.3 is 14.7 Å². The van der Waals surface area contributed by atoms with Crippen LogP contribution in [0.2, 0.25) is 0 Å². The zero-order valence-corrected chi connectivity index (χ0v) is 16.2. The third-order valence-corrected chi connectivity index (χ3v) is 4.78. The average Bonchev–Trinajstić information content (AvgIpc) is 2.72. The Labute approximate surface area is 173 Å². The van der Waals surface area contributed by atoms with Crippen molar-refractivity contribution >= 4 is 24.1 Å². The molecule has 5 heteroatoms. The van der Waals surface area contributed by atoms with Gasteiger partial charge in [-0.05, 0) is 48.9 Å². The molecule has 27 heavy (non-hydrogen) atoms. The summed E-state index contributed by atoms with van der Waals surface area (Å²) in [7, 11) is 0. The summed E-state index contributed by atoms with van der Waals surface area (Å²) in [6.07, 6.45) is 1.00. The summed E-state index contributed by atoms with van der Waals surface area (Å²) in [5.41, 5.74) is -0.778. The molecule has 1 atom stereocenters. The number of carbonyl (C=O) groups is 1. The second kappa shape index (κ2) is 9.77. The van der Waals surface area contributed by atoms with E-state index in [9.17, 15) is 9.90 Å². The quantitative estimate of drug-likeness (QED) is 0.730. The first-order chi connectivity index (χ1) is 14.1. The van der Waals surface area contributed by atoms with Crippen LogP contribution in [0, 0.1) is 0 Å². The molecule has 146 valence electrons. The minimum atomic E-state index is -2.85. The molecule has 1 aliphatic rings. The van der Waals surface area contributed by atoms with Gasteiger partial charge in [0.2, 0.25) is 5.60 Å². The predicted molar refractivity (Wildman–Crippen MR) is 111 cm³/mol. The minimum Gasteiger partial charge on any atom is -0.479 e. The highest BCUT2D eigenvalue weighted by Crippen LogP contribution is 2.35. The van der Waals surface area contributed by atoms with Gasteiger partial charge in [0.1, 0.15) is 0 Å². The van der Waals surface area contributed by atoms with E-state index in [1.807, 2.05) is 12.1 Å². The van der Waals surface area contributed by atoms with Crippen LogP contribution in [0.15, 0.2) is 54.6 Å². The van der Waals surface area contributed by atoms with Gasteiger partial charge in [-0.25, -0.2) is 4.79 Å². The summed E-state index contributed by atoms with van der Waals surface area (Å²) in [5, 5.41) is 10.3. The summed E-state index contributed by atoms with van der Waals surface area (Å²) in [5.74, 6) is -1.41. The lowest BCUT2D eigenvalue weighted by molar-refractivity contribution is -0.161. The van der Waals surface area contributed by atoms with E-state index in [0.29, 0.717) is 0 Å². The van der Waals surface area contributed by atoms with Crippen LogP contribution in [-0.4, -0.2) is 30.7 Å². The first kappa shape index (κ1) is 16.0. The van der Waals surface area contributed by atoms with Crippen molar-refractivity contribution in [1.29, 1.82) is 0 Å². The van der Waals surface area contributed by atoms with Crippen molar-refractivity contribution in [2.24, 2.45) is 0 Å². The molecule has 1 saturated heterocycles. The van der Waals surface area contributed by atoms with E-state index in [1.54, 1.807) is 42.5 Å². The lowest BCUT2D eigenvalue weighted by Crippen LogP contribution is -2.40. The van der Waals surface area contributed by atoms with E-state index >= 15 is 0 Å². The highest BCUT2D eigenvalue weighted by atomic mass is 35.5. The number of benzene rings is 2. The number of halogens is 1. The summed E-state index contributed by atoms with van der Waals surface area (Å²) < 4.78 is 37.4. The van der Waals surface area contributed by atoms with Gasteiger partial charge in [0.25, 0.3) is 0 Å². The van der Waals surface area contributed by atoms with Crippen molar-refractivity contribution < 1.29 is 20.1 Å². The van der Waals surface area contributed by atoms with E-state index in [1.165, 1.54) is 6.42 Å². The number of hydrogen-bond acceptors (Lipinski definition) is 3. The maximum Gasteiger partial charge on any atom is 0.345 e. The molecule has 1 unspecified atom stereocenters. The van der Waals surface area contributed by atoms with Crippen molar-refractivity contribution in [3.05, 3.63) is 65.7 Å². The molecule has 0 amide bonds. The molecule has 0 saturated carbocycles. The molecule has 0 aliphatic carbocycles. The Morgan fingerprint density at radius 1 is 1.07 bits per heavy atom. The largest absolute Gasteiger partial charge is 0.479 e. The first-order valence-corrected chi connectivity index (χ1v) is 8.92. The number of aliphatic carboxylic acids is 1. The van der Waals surface area contributed by atoms with Gasteiger partial charge in [0, 0.05) is 28.1 Å². The van der Waals surface area contributed by atoms with Crippen LogP contribution >= 0.6 is 12.4 Å². The Hall–Kier alpha value is -2.04. The lowest BCUT2D eigenvalue weighted by atomic mass is 9.85. The SMILES string of the molecule is Cl.[2H]C([2H])(C)C([2H])([2H])OC(C(=O)O)(c1ccccc1)c1ccc(N2CCCCC2)cc1. The van der Waals surface area contributed by atoms with Crippen LogP contribution in [0.4, 0.5) is 5.69 Å².